The maximum absolute atomic E-state index is 4.05. The predicted octanol–water partition coefficient (Wildman–Crippen LogP) is 2.30. The molecule has 1 aromatic heterocycles. The SMILES string of the molecule is CSC1CCCCC1NCc1csnn1. The van der Waals surface area contributed by atoms with Crippen LogP contribution in [0.3, 0.4) is 0 Å². The number of nitrogens with one attached hydrogen (secondary N) is 1. The normalized spacial score (nSPS) is 26.7. The van der Waals surface area contributed by atoms with Gasteiger partial charge in [0.1, 0.15) is 0 Å². The van der Waals surface area contributed by atoms with Crippen LogP contribution in [0.2, 0.25) is 0 Å². The van der Waals surface area contributed by atoms with Gasteiger partial charge in [0.15, 0.2) is 0 Å². The summed E-state index contributed by atoms with van der Waals surface area (Å²) in [6.45, 7) is 0.873. The number of rotatable bonds is 4. The Morgan fingerprint density at radius 1 is 1.53 bits per heavy atom. The number of hydrogen-bond acceptors (Lipinski definition) is 5. The van der Waals surface area contributed by atoms with Crippen LogP contribution in [0.5, 0.6) is 0 Å². The van der Waals surface area contributed by atoms with Crippen LogP contribution in [-0.4, -0.2) is 27.1 Å². The molecule has 3 nitrogen and oxygen atoms in total. The van der Waals surface area contributed by atoms with Crippen molar-refractivity contribution in [2.75, 3.05) is 6.26 Å². The highest BCUT2D eigenvalue weighted by atomic mass is 32.2. The van der Waals surface area contributed by atoms with E-state index in [1.54, 1.807) is 0 Å². The van der Waals surface area contributed by atoms with E-state index in [2.05, 4.69) is 21.2 Å². The molecular formula is C10H17N3S2. The molecule has 0 bridgehead atoms. The molecule has 2 unspecified atom stereocenters. The Hall–Kier alpha value is -0.130. The summed E-state index contributed by atoms with van der Waals surface area (Å²) in [5, 5.41) is 10.5. The first-order valence-corrected chi connectivity index (χ1v) is 7.54. The smallest absolute Gasteiger partial charge is 0.0893 e. The van der Waals surface area contributed by atoms with E-state index in [1.807, 2.05) is 17.1 Å². The van der Waals surface area contributed by atoms with Crippen LogP contribution in [-0.2, 0) is 6.54 Å². The summed E-state index contributed by atoms with van der Waals surface area (Å²) in [4.78, 5) is 0. The lowest BCUT2D eigenvalue weighted by Crippen LogP contribution is -2.40. The maximum Gasteiger partial charge on any atom is 0.0893 e. The predicted molar refractivity (Wildman–Crippen MR) is 66.3 cm³/mol. The Balaban J connectivity index is 1.81. The lowest BCUT2D eigenvalue weighted by molar-refractivity contribution is 0.381. The van der Waals surface area contributed by atoms with Crippen molar-refractivity contribution >= 4 is 23.3 Å². The molecule has 2 rings (SSSR count). The fourth-order valence-corrected chi connectivity index (χ4v) is 3.52. The molecule has 0 spiro atoms. The number of aromatic nitrogens is 2. The first kappa shape index (κ1) is 11.4. The fraction of sp³-hybridized carbons (Fsp3) is 0.800. The van der Waals surface area contributed by atoms with Crippen LogP contribution in [0.4, 0.5) is 0 Å². The first-order valence-electron chi connectivity index (χ1n) is 5.42. The summed E-state index contributed by atoms with van der Waals surface area (Å²) in [5.41, 5.74) is 1.07. The summed E-state index contributed by atoms with van der Waals surface area (Å²) < 4.78 is 3.87. The molecule has 84 valence electrons. The highest BCUT2D eigenvalue weighted by Crippen LogP contribution is 2.27. The molecule has 1 aliphatic rings. The zero-order valence-corrected chi connectivity index (χ0v) is 10.6. The maximum atomic E-state index is 4.05. The van der Waals surface area contributed by atoms with Gasteiger partial charge in [-0.2, -0.15) is 11.8 Å². The van der Waals surface area contributed by atoms with Crippen molar-refractivity contribution in [3.8, 4) is 0 Å². The van der Waals surface area contributed by atoms with Gasteiger partial charge in [-0.05, 0) is 30.6 Å². The van der Waals surface area contributed by atoms with Crippen molar-refractivity contribution < 1.29 is 0 Å². The molecule has 0 saturated heterocycles. The van der Waals surface area contributed by atoms with E-state index in [0.29, 0.717) is 6.04 Å². The average molecular weight is 243 g/mol. The molecule has 1 aromatic rings. The minimum atomic E-state index is 0.662. The van der Waals surface area contributed by atoms with Crippen molar-refractivity contribution in [1.82, 2.24) is 14.9 Å². The molecule has 5 heteroatoms. The summed E-state index contributed by atoms with van der Waals surface area (Å²) in [7, 11) is 0. The van der Waals surface area contributed by atoms with Crippen LogP contribution in [0.15, 0.2) is 5.38 Å². The summed E-state index contributed by atoms with van der Waals surface area (Å²) in [5.74, 6) is 0. The first-order chi connectivity index (χ1) is 7.40. The fourth-order valence-electron chi connectivity index (χ4n) is 2.11. The van der Waals surface area contributed by atoms with Gasteiger partial charge in [-0.3, -0.25) is 0 Å². The van der Waals surface area contributed by atoms with Gasteiger partial charge >= 0.3 is 0 Å². The van der Waals surface area contributed by atoms with Gasteiger partial charge in [0.2, 0.25) is 0 Å². The summed E-state index contributed by atoms with van der Waals surface area (Å²) in [6.07, 6.45) is 7.64. The Morgan fingerprint density at radius 2 is 2.40 bits per heavy atom. The Bertz CT molecular complexity index is 276. The zero-order chi connectivity index (χ0) is 10.5. The Labute approximate surface area is 99.2 Å². The summed E-state index contributed by atoms with van der Waals surface area (Å²) in [6, 6.07) is 0.662. The van der Waals surface area contributed by atoms with Crippen LogP contribution in [0, 0.1) is 0 Å². The monoisotopic (exact) mass is 243 g/mol. The third kappa shape index (κ3) is 3.16. The van der Waals surface area contributed by atoms with Crippen molar-refractivity contribution in [3.63, 3.8) is 0 Å². The minimum Gasteiger partial charge on any atom is -0.307 e. The molecule has 1 fully saturated rings. The Morgan fingerprint density at radius 3 is 3.13 bits per heavy atom. The lowest BCUT2D eigenvalue weighted by atomic mass is 9.95. The molecule has 1 heterocycles. The largest absolute Gasteiger partial charge is 0.307 e. The zero-order valence-electron chi connectivity index (χ0n) is 8.98. The van der Waals surface area contributed by atoms with E-state index in [1.165, 1.54) is 37.2 Å². The average Bonchev–Trinajstić information content (AvgIpc) is 2.79. The second kappa shape index (κ2) is 5.82. The third-order valence-electron chi connectivity index (χ3n) is 2.96. The molecule has 0 aromatic carbocycles. The molecule has 0 aliphatic heterocycles. The highest BCUT2D eigenvalue weighted by molar-refractivity contribution is 7.99. The van der Waals surface area contributed by atoms with Crippen molar-refractivity contribution in [1.29, 1.82) is 0 Å². The van der Waals surface area contributed by atoms with Gasteiger partial charge < -0.3 is 5.32 Å². The highest BCUT2D eigenvalue weighted by Gasteiger charge is 2.23. The van der Waals surface area contributed by atoms with Gasteiger partial charge in [-0.15, -0.1) is 5.10 Å². The number of hydrogen-bond donors (Lipinski definition) is 1. The van der Waals surface area contributed by atoms with Gasteiger partial charge in [0.05, 0.1) is 5.69 Å². The van der Waals surface area contributed by atoms with Crippen LogP contribution >= 0.6 is 23.3 Å². The third-order valence-corrected chi connectivity index (χ3v) is 4.68. The van der Waals surface area contributed by atoms with Gasteiger partial charge in [0, 0.05) is 23.2 Å². The van der Waals surface area contributed by atoms with E-state index >= 15 is 0 Å². The molecule has 1 saturated carbocycles. The molecule has 15 heavy (non-hydrogen) atoms. The van der Waals surface area contributed by atoms with Crippen LogP contribution < -0.4 is 5.32 Å². The van der Waals surface area contributed by atoms with Gasteiger partial charge in [-0.1, -0.05) is 17.3 Å². The van der Waals surface area contributed by atoms with E-state index in [9.17, 15) is 0 Å². The van der Waals surface area contributed by atoms with Crippen LogP contribution in [0.25, 0.3) is 0 Å². The quantitative estimate of drug-likeness (QED) is 0.880. The van der Waals surface area contributed by atoms with Crippen molar-refractivity contribution in [2.45, 2.75) is 43.5 Å². The minimum absolute atomic E-state index is 0.662. The lowest BCUT2D eigenvalue weighted by Gasteiger charge is -2.30. The van der Waals surface area contributed by atoms with E-state index < -0.39 is 0 Å². The number of nitrogens with zero attached hydrogens (tertiary/aromatic N) is 2. The summed E-state index contributed by atoms with van der Waals surface area (Å²) >= 11 is 3.42. The molecular weight excluding hydrogens is 226 g/mol. The van der Waals surface area contributed by atoms with Crippen molar-refractivity contribution in [2.24, 2.45) is 0 Å². The van der Waals surface area contributed by atoms with Gasteiger partial charge in [-0.25, -0.2) is 0 Å². The topological polar surface area (TPSA) is 37.8 Å². The van der Waals surface area contributed by atoms with Gasteiger partial charge in [0.25, 0.3) is 0 Å². The van der Waals surface area contributed by atoms with E-state index in [4.69, 9.17) is 0 Å². The molecule has 1 aliphatic carbocycles. The molecule has 0 radical (unpaired) electrons. The van der Waals surface area contributed by atoms with Crippen molar-refractivity contribution in [3.05, 3.63) is 11.1 Å². The molecule has 2 atom stereocenters. The van der Waals surface area contributed by atoms with E-state index in [0.717, 1.165) is 17.5 Å². The number of thioether (sulfide) groups is 1. The van der Waals surface area contributed by atoms with E-state index in [-0.39, 0.29) is 0 Å². The van der Waals surface area contributed by atoms with Crippen LogP contribution in [0.1, 0.15) is 31.4 Å². The second-order valence-corrected chi connectivity index (χ2v) is 5.63. The molecule has 1 N–H and O–H groups in total. The Kier molecular flexibility index (Phi) is 4.41. The second-order valence-electron chi connectivity index (χ2n) is 3.94. The standard InChI is InChI=1S/C10H17N3S2/c1-14-10-5-3-2-4-9(10)11-6-8-7-15-13-12-8/h7,9-11H,2-6H2,1H3. The molecule has 0 amide bonds.